The molecule has 1 aromatic rings. The molecule has 1 unspecified atom stereocenters. The Kier molecular flexibility index (Phi) is 7.02. The van der Waals surface area contributed by atoms with Crippen molar-refractivity contribution in [3.8, 4) is 11.5 Å². The number of unbranched alkanes of at least 4 members (excludes halogenated alkanes) is 1. The van der Waals surface area contributed by atoms with E-state index >= 15 is 0 Å². The summed E-state index contributed by atoms with van der Waals surface area (Å²) in [5.41, 5.74) is -0.852. The largest absolute Gasteiger partial charge is 0.497 e. The molecule has 5 heteroatoms. The summed E-state index contributed by atoms with van der Waals surface area (Å²) in [7, 11) is 1.62. The number of benzene rings is 1. The Morgan fingerprint density at radius 2 is 1.86 bits per heavy atom. The lowest BCUT2D eigenvalue weighted by molar-refractivity contribution is -0.144. The first kappa shape index (κ1) is 17.3. The van der Waals surface area contributed by atoms with E-state index in [1.54, 1.807) is 14.0 Å². The number of carbonyl (C=O) groups is 1. The molecule has 0 aromatic heterocycles. The van der Waals surface area contributed by atoms with Gasteiger partial charge >= 0.3 is 5.97 Å². The van der Waals surface area contributed by atoms with E-state index in [2.05, 4.69) is 5.32 Å². The number of carboxylic acid groups (broad SMARTS) is 1. The highest BCUT2D eigenvalue weighted by Crippen LogP contribution is 2.18. The highest BCUT2D eigenvalue weighted by atomic mass is 16.5. The van der Waals surface area contributed by atoms with Gasteiger partial charge in [-0.15, -0.1) is 0 Å². The molecule has 1 atom stereocenters. The molecule has 2 N–H and O–H groups in total. The number of rotatable bonds is 10. The molecule has 0 heterocycles. The molecule has 0 saturated heterocycles. The lowest BCUT2D eigenvalue weighted by Gasteiger charge is -2.25. The van der Waals surface area contributed by atoms with Crippen LogP contribution in [0.15, 0.2) is 24.3 Å². The minimum Gasteiger partial charge on any atom is -0.497 e. The third-order valence-corrected chi connectivity index (χ3v) is 3.44. The maximum Gasteiger partial charge on any atom is 0.323 e. The van der Waals surface area contributed by atoms with Crippen LogP contribution in [0.3, 0.4) is 0 Å². The standard InChI is InChI=1S/C16H25NO4/c1-4-17-16(2,15(18)19)11-5-6-12-21-14-9-7-13(20-3)8-10-14/h7-10,17H,4-6,11-12H2,1-3H3,(H,18,19). The maximum atomic E-state index is 11.3. The Balaban J connectivity index is 2.28. The van der Waals surface area contributed by atoms with Crippen LogP contribution in [-0.2, 0) is 4.79 Å². The molecular weight excluding hydrogens is 270 g/mol. The number of nitrogens with one attached hydrogen (secondary N) is 1. The van der Waals surface area contributed by atoms with Crippen molar-refractivity contribution in [2.75, 3.05) is 20.3 Å². The molecule has 21 heavy (non-hydrogen) atoms. The van der Waals surface area contributed by atoms with Crippen molar-refractivity contribution in [1.29, 1.82) is 0 Å². The van der Waals surface area contributed by atoms with Gasteiger partial charge in [-0.05, 0) is 57.0 Å². The SMILES string of the molecule is CCNC(C)(CCCCOc1ccc(OC)cc1)C(=O)O. The van der Waals surface area contributed by atoms with Crippen LogP contribution in [0.5, 0.6) is 11.5 Å². The Morgan fingerprint density at radius 3 is 2.38 bits per heavy atom. The second-order valence-corrected chi connectivity index (χ2v) is 5.15. The summed E-state index contributed by atoms with van der Waals surface area (Å²) < 4.78 is 10.7. The van der Waals surface area contributed by atoms with Gasteiger partial charge in [-0.1, -0.05) is 6.92 Å². The van der Waals surface area contributed by atoms with Crippen molar-refractivity contribution in [2.24, 2.45) is 0 Å². The third-order valence-electron chi connectivity index (χ3n) is 3.44. The van der Waals surface area contributed by atoms with Crippen LogP contribution in [0.25, 0.3) is 0 Å². The molecule has 0 radical (unpaired) electrons. The van der Waals surface area contributed by atoms with Crippen LogP contribution in [0.2, 0.25) is 0 Å². The number of likely N-dealkylation sites (N-methyl/N-ethyl adjacent to an activating group) is 1. The molecule has 0 spiro atoms. The summed E-state index contributed by atoms with van der Waals surface area (Å²) in [6.45, 7) is 4.86. The number of ether oxygens (including phenoxy) is 2. The molecule has 1 aromatic carbocycles. The zero-order valence-corrected chi connectivity index (χ0v) is 13.0. The molecular formula is C16H25NO4. The minimum absolute atomic E-state index is 0.578. The number of hydrogen-bond donors (Lipinski definition) is 2. The zero-order valence-electron chi connectivity index (χ0n) is 13.0. The second-order valence-electron chi connectivity index (χ2n) is 5.15. The van der Waals surface area contributed by atoms with Gasteiger partial charge in [0.05, 0.1) is 13.7 Å². The summed E-state index contributed by atoms with van der Waals surface area (Å²) >= 11 is 0. The Morgan fingerprint density at radius 1 is 1.24 bits per heavy atom. The fourth-order valence-electron chi connectivity index (χ4n) is 2.10. The summed E-state index contributed by atoms with van der Waals surface area (Å²) in [6, 6.07) is 7.42. The third kappa shape index (κ3) is 5.63. The van der Waals surface area contributed by atoms with Crippen molar-refractivity contribution in [3.63, 3.8) is 0 Å². The van der Waals surface area contributed by atoms with Crippen LogP contribution in [0, 0.1) is 0 Å². The molecule has 0 saturated carbocycles. The van der Waals surface area contributed by atoms with Gasteiger partial charge < -0.3 is 19.9 Å². The van der Waals surface area contributed by atoms with E-state index in [1.165, 1.54) is 0 Å². The highest BCUT2D eigenvalue weighted by Gasteiger charge is 2.30. The summed E-state index contributed by atoms with van der Waals surface area (Å²) in [5, 5.41) is 12.3. The molecule has 5 nitrogen and oxygen atoms in total. The number of methoxy groups -OCH3 is 1. The van der Waals surface area contributed by atoms with Crippen LogP contribution in [0.4, 0.5) is 0 Å². The normalized spacial score (nSPS) is 13.5. The average Bonchev–Trinajstić information content (AvgIpc) is 2.47. The maximum absolute atomic E-state index is 11.3. The van der Waals surface area contributed by atoms with Crippen LogP contribution in [0.1, 0.15) is 33.1 Å². The second kappa shape index (κ2) is 8.52. The number of aliphatic carboxylic acids is 1. The molecule has 118 valence electrons. The Bertz CT molecular complexity index is 432. The van der Waals surface area contributed by atoms with E-state index < -0.39 is 11.5 Å². The van der Waals surface area contributed by atoms with Gasteiger partial charge in [-0.3, -0.25) is 4.79 Å². The molecule has 0 aliphatic heterocycles. The quantitative estimate of drug-likeness (QED) is 0.650. The fraction of sp³-hybridized carbons (Fsp3) is 0.562. The fourth-order valence-corrected chi connectivity index (χ4v) is 2.10. The van der Waals surface area contributed by atoms with Crippen molar-refractivity contribution < 1.29 is 19.4 Å². The average molecular weight is 295 g/mol. The first-order valence-corrected chi connectivity index (χ1v) is 7.27. The van der Waals surface area contributed by atoms with Crippen LogP contribution >= 0.6 is 0 Å². The van der Waals surface area contributed by atoms with E-state index in [9.17, 15) is 9.90 Å². The van der Waals surface area contributed by atoms with Crippen molar-refractivity contribution >= 4 is 5.97 Å². The van der Waals surface area contributed by atoms with Gasteiger partial charge in [-0.25, -0.2) is 0 Å². The molecule has 0 aliphatic carbocycles. The first-order chi connectivity index (χ1) is 10.0. The molecule has 1 rings (SSSR count). The van der Waals surface area contributed by atoms with Crippen LogP contribution < -0.4 is 14.8 Å². The van der Waals surface area contributed by atoms with Crippen molar-refractivity contribution in [1.82, 2.24) is 5.32 Å². The summed E-state index contributed by atoms with van der Waals surface area (Å²) in [5.74, 6) is 0.786. The van der Waals surface area contributed by atoms with Gasteiger partial charge in [0, 0.05) is 0 Å². The Hall–Kier alpha value is -1.75. The smallest absolute Gasteiger partial charge is 0.323 e. The zero-order chi connectivity index (χ0) is 15.7. The van der Waals surface area contributed by atoms with E-state index in [0.29, 0.717) is 19.6 Å². The predicted octanol–water partition coefficient (Wildman–Crippen LogP) is 2.70. The topological polar surface area (TPSA) is 67.8 Å². The summed E-state index contributed by atoms with van der Waals surface area (Å²) in [4.78, 5) is 11.3. The van der Waals surface area contributed by atoms with E-state index in [0.717, 1.165) is 24.3 Å². The summed E-state index contributed by atoms with van der Waals surface area (Å²) in [6.07, 6.45) is 2.20. The van der Waals surface area contributed by atoms with Crippen molar-refractivity contribution in [2.45, 2.75) is 38.6 Å². The number of hydrogen-bond acceptors (Lipinski definition) is 4. The Labute approximate surface area is 126 Å². The van der Waals surface area contributed by atoms with E-state index in [1.807, 2.05) is 31.2 Å². The van der Waals surface area contributed by atoms with Gasteiger partial charge in [0.25, 0.3) is 0 Å². The van der Waals surface area contributed by atoms with Gasteiger partial charge in [0.1, 0.15) is 17.0 Å². The molecule has 0 amide bonds. The van der Waals surface area contributed by atoms with Crippen LogP contribution in [-0.4, -0.2) is 36.9 Å². The lowest BCUT2D eigenvalue weighted by Crippen LogP contribution is -2.49. The van der Waals surface area contributed by atoms with Gasteiger partial charge in [-0.2, -0.15) is 0 Å². The molecule has 0 fully saturated rings. The van der Waals surface area contributed by atoms with E-state index in [-0.39, 0.29) is 0 Å². The van der Waals surface area contributed by atoms with E-state index in [4.69, 9.17) is 9.47 Å². The molecule has 0 bridgehead atoms. The van der Waals surface area contributed by atoms with Crippen molar-refractivity contribution in [3.05, 3.63) is 24.3 Å². The molecule has 0 aliphatic rings. The first-order valence-electron chi connectivity index (χ1n) is 7.27. The van der Waals surface area contributed by atoms with Gasteiger partial charge in [0.2, 0.25) is 0 Å². The lowest BCUT2D eigenvalue weighted by atomic mass is 9.95. The minimum atomic E-state index is -0.852. The number of carboxylic acids is 1. The predicted molar refractivity (Wildman–Crippen MR) is 82.1 cm³/mol. The monoisotopic (exact) mass is 295 g/mol. The highest BCUT2D eigenvalue weighted by molar-refractivity contribution is 5.78. The van der Waals surface area contributed by atoms with Gasteiger partial charge in [0.15, 0.2) is 0 Å².